The number of halogens is 1. The van der Waals surface area contributed by atoms with Crippen LogP contribution in [0.4, 0.5) is 4.39 Å². The van der Waals surface area contributed by atoms with E-state index in [1.165, 1.54) is 25.1 Å². The molecule has 0 bridgehead atoms. The van der Waals surface area contributed by atoms with Crippen LogP contribution in [0.5, 0.6) is 5.75 Å². The highest BCUT2D eigenvalue weighted by molar-refractivity contribution is 6.32. The first-order chi connectivity index (χ1) is 18.3. The lowest BCUT2D eigenvalue weighted by Crippen LogP contribution is -2.74. The molecule has 0 radical (unpaired) electrons. The van der Waals surface area contributed by atoms with Crippen LogP contribution in [0, 0.1) is 29.5 Å². The van der Waals surface area contributed by atoms with E-state index in [4.69, 9.17) is 5.73 Å². The maximum absolute atomic E-state index is 15.9. The molecule has 4 rings (SSSR count). The molecule has 10 nitrogen and oxygen atoms in total. The summed E-state index contributed by atoms with van der Waals surface area (Å²) in [5.74, 6) is -12.2. The molecule has 1 aromatic rings. The summed E-state index contributed by atoms with van der Waals surface area (Å²) in [6, 6.07) is -0.00152. The highest BCUT2D eigenvalue weighted by Gasteiger charge is 2.69. The molecule has 3 aliphatic rings. The second-order valence-electron chi connectivity index (χ2n) is 11.3. The number of hydrogen-bond acceptors (Lipinski definition) is 9. The van der Waals surface area contributed by atoms with E-state index in [-0.39, 0.29) is 36.1 Å². The van der Waals surface area contributed by atoms with Crippen LogP contribution in [0.15, 0.2) is 6.07 Å². The Morgan fingerprint density at radius 1 is 1.13 bits per heavy atom. The van der Waals surface area contributed by atoms with Crippen LogP contribution >= 0.6 is 0 Å². The van der Waals surface area contributed by atoms with Gasteiger partial charge < -0.3 is 15.9 Å². The van der Waals surface area contributed by atoms with Crippen LogP contribution in [0.2, 0.25) is 0 Å². The predicted molar refractivity (Wildman–Crippen MR) is 137 cm³/mol. The van der Waals surface area contributed by atoms with Gasteiger partial charge in [0.1, 0.15) is 11.6 Å². The number of rotatable bonds is 8. The molecule has 4 N–H and O–H groups in total. The van der Waals surface area contributed by atoms with Gasteiger partial charge in [0.05, 0.1) is 17.5 Å². The minimum absolute atomic E-state index is 0.00712. The summed E-state index contributed by atoms with van der Waals surface area (Å²) in [6.45, 7) is 5.71. The average Bonchev–Trinajstić information content (AvgIpc) is 2.84. The van der Waals surface area contributed by atoms with Crippen LogP contribution in [0.25, 0.3) is 0 Å². The summed E-state index contributed by atoms with van der Waals surface area (Å²) in [7, 11) is 3.02. The average molecular weight is 546 g/mol. The van der Waals surface area contributed by atoms with Gasteiger partial charge in [-0.3, -0.25) is 33.8 Å². The van der Waals surface area contributed by atoms with Gasteiger partial charge in [-0.1, -0.05) is 13.8 Å². The first kappa shape index (κ1) is 29.0. The highest BCUT2D eigenvalue weighted by Crippen LogP contribution is 2.51. The molecule has 11 heteroatoms. The Kier molecular flexibility index (Phi) is 7.81. The summed E-state index contributed by atoms with van der Waals surface area (Å²) >= 11 is 0. The Hall–Kier alpha value is -3.02. The van der Waals surface area contributed by atoms with Crippen molar-refractivity contribution < 1.29 is 38.6 Å². The fourth-order valence-corrected chi connectivity index (χ4v) is 6.97. The zero-order valence-corrected chi connectivity index (χ0v) is 22.7. The first-order valence-electron chi connectivity index (χ1n) is 13.4. The van der Waals surface area contributed by atoms with E-state index in [0.29, 0.717) is 0 Å². The van der Waals surface area contributed by atoms with Crippen LogP contribution in [-0.2, 0) is 32.1 Å². The monoisotopic (exact) mass is 545 g/mol. The number of benzene rings is 1. The lowest BCUT2D eigenvalue weighted by molar-refractivity contribution is -0.181. The molecule has 0 saturated heterocycles. The summed E-state index contributed by atoms with van der Waals surface area (Å²) in [5.41, 5.74) is 2.41. The lowest BCUT2D eigenvalue weighted by atomic mass is 9.52. The van der Waals surface area contributed by atoms with Crippen molar-refractivity contribution in [2.45, 2.75) is 57.7 Å². The minimum atomic E-state index is -2.80. The van der Waals surface area contributed by atoms with E-state index in [1.807, 2.05) is 13.8 Å². The van der Waals surface area contributed by atoms with E-state index in [2.05, 4.69) is 4.90 Å². The third kappa shape index (κ3) is 4.40. The number of fused-ring (bicyclic) bond motifs is 3. The van der Waals surface area contributed by atoms with Gasteiger partial charge in [-0.15, -0.1) is 0 Å². The van der Waals surface area contributed by atoms with Crippen molar-refractivity contribution >= 4 is 29.0 Å². The molecule has 6 atom stereocenters. The normalized spacial score (nSPS) is 30.4. The number of phenolic OH excluding ortho intramolecular Hbond substituents is 1. The molecule has 2 fully saturated rings. The molecule has 0 aliphatic heterocycles. The van der Waals surface area contributed by atoms with Gasteiger partial charge in [0, 0.05) is 23.6 Å². The molecule has 0 spiro atoms. The number of likely N-dealkylation sites (N-methyl/N-ethyl adjacent to an activating group) is 1. The van der Waals surface area contributed by atoms with E-state index in [0.717, 1.165) is 25.9 Å². The van der Waals surface area contributed by atoms with Crippen LogP contribution in [-0.4, -0.2) is 87.9 Å². The van der Waals surface area contributed by atoms with Gasteiger partial charge in [-0.05, 0) is 64.9 Å². The second kappa shape index (κ2) is 10.5. The predicted octanol–water partition coefficient (Wildman–Crippen LogP) is 0.628. The zero-order valence-electron chi connectivity index (χ0n) is 22.7. The van der Waals surface area contributed by atoms with Crippen molar-refractivity contribution in [2.24, 2.45) is 29.4 Å². The first-order valence-corrected chi connectivity index (χ1v) is 13.4. The molecule has 3 aliphatic carbocycles. The SMILES string of the molecule is CCCN(CCC)Cc1cc(O)c2c(c1F)C[C@H]1C[C@H]3[C@H](N(C)C)C(=O)C(C(N)=O)C(=O)[C@@]3(O)C(=O)C1C2=O. The lowest BCUT2D eigenvalue weighted by Gasteiger charge is -2.52. The Labute approximate surface area is 226 Å². The third-order valence-corrected chi connectivity index (χ3v) is 8.54. The van der Waals surface area contributed by atoms with Crippen molar-refractivity contribution in [3.8, 4) is 5.75 Å². The molecule has 2 unspecified atom stereocenters. The number of Topliss-reactive ketones (excluding diaryl/α,β-unsaturated/α-hetero) is 4. The maximum atomic E-state index is 15.9. The number of primary amides is 1. The highest BCUT2D eigenvalue weighted by atomic mass is 19.1. The van der Waals surface area contributed by atoms with Gasteiger partial charge in [0.25, 0.3) is 0 Å². The van der Waals surface area contributed by atoms with E-state index < -0.39 is 75.9 Å². The Morgan fingerprint density at radius 2 is 1.74 bits per heavy atom. The third-order valence-electron chi connectivity index (χ3n) is 8.54. The van der Waals surface area contributed by atoms with Crippen molar-refractivity contribution in [1.82, 2.24) is 9.80 Å². The number of nitrogens with zero attached hydrogens (tertiary/aromatic N) is 2. The van der Waals surface area contributed by atoms with Crippen molar-refractivity contribution in [3.05, 3.63) is 28.6 Å². The Balaban J connectivity index is 1.79. The Morgan fingerprint density at radius 3 is 2.28 bits per heavy atom. The van der Waals surface area contributed by atoms with Crippen molar-refractivity contribution in [3.63, 3.8) is 0 Å². The fourth-order valence-electron chi connectivity index (χ4n) is 6.97. The van der Waals surface area contributed by atoms with Gasteiger partial charge in [-0.25, -0.2) is 4.39 Å². The van der Waals surface area contributed by atoms with E-state index in [1.54, 1.807) is 0 Å². The van der Waals surface area contributed by atoms with Crippen LogP contribution in [0.1, 0.15) is 54.6 Å². The van der Waals surface area contributed by atoms with Gasteiger partial charge in [0.2, 0.25) is 5.91 Å². The smallest absolute Gasteiger partial charge is 0.235 e. The number of aliphatic hydroxyl groups is 1. The van der Waals surface area contributed by atoms with Crippen molar-refractivity contribution in [2.75, 3.05) is 27.2 Å². The quantitative estimate of drug-likeness (QED) is 0.398. The minimum Gasteiger partial charge on any atom is -0.507 e. The number of amides is 1. The van der Waals surface area contributed by atoms with Gasteiger partial charge in [0.15, 0.2) is 34.7 Å². The fraction of sp³-hybridized carbons (Fsp3) is 0.607. The topological polar surface area (TPSA) is 158 Å². The van der Waals surface area contributed by atoms with Crippen molar-refractivity contribution in [1.29, 1.82) is 0 Å². The number of aromatic hydroxyl groups is 1. The zero-order chi connectivity index (χ0) is 29.0. The molecular weight excluding hydrogens is 509 g/mol. The molecule has 212 valence electrons. The summed E-state index contributed by atoms with van der Waals surface area (Å²) in [5, 5.41) is 22.4. The molecule has 2 saturated carbocycles. The van der Waals surface area contributed by atoms with Gasteiger partial charge >= 0.3 is 0 Å². The molecule has 39 heavy (non-hydrogen) atoms. The number of carbonyl (C=O) groups excluding carboxylic acids is 5. The van der Waals surface area contributed by atoms with Crippen LogP contribution in [0.3, 0.4) is 0 Å². The largest absolute Gasteiger partial charge is 0.507 e. The second-order valence-corrected chi connectivity index (χ2v) is 11.3. The number of carbonyl (C=O) groups is 5. The summed E-state index contributed by atoms with van der Waals surface area (Å²) in [6.07, 6.45) is 1.50. The number of phenols is 1. The summed E-state index contributed by atoms with van der Waals surface area (Å²) in [4.78, 5) is 69.4. The van der Waals surface area contributed by atoms with E-state index >= 15 is 4.39 Å². The molecule has 0 aromatic heterocycles. The molecular formula is C28H36FN3O7. The molecule has 0 heterocycles. The van der Waals surface area contributed by atoms with Crippen LogP contribution < -0.4 is 5.73 Å². The van der Waals surface area contributed by atoms with Gasteiger partial charge in [-0.2, -0.15) is 0 Å². The molecule has 1 aromatic carbocycles. The standard InChI is InChI=1S/C28H36FN3O7/c1-5-7-32(8-6-2)12-14-11-17(33)19-15(21(14)29)9-13-10-16-22(31(3)4)24(35)20(27(30)38)26(37)28(16,39)25(36)18(13)23(19)34/h11,13,16,18,20,22,33,39H,5-10,12H2,1-4H3,(H2,30,38)/t13-,16-,18?,20?,22-,28-/m0/s1. The maximum Gasteiger partial charge on any atom is 0.235 e. The number of nitrogens with two attached hydrogens (primary N) is 1. The number of hydrogen-bond donors (Lipinski definition) is 3. The Bertz CT molecular complexity index is 1240. The summed E-state index contributed by atoms with van der Waals surface area (Å²) < 4.78 is 15.9. The van der Waals surface area contributed by atoms with E-state index in [9.17, 15) is 34.2 Å². The molecule has 1 amide bonds. The number of ketones is 4.